The summed E-state index contributed by atoms with van der Waals surface area (Å²) in [6.07, 6.45) is -1.02. The minimum Gasteiger partial charge on any atom is -0.368 e. The molecule has 2 aliphatic rings. The van der Waals surface area contributed by atoms with E-state index in [0.29, 0.717) is 37.4 Å². The summed E-state index contributed by atoms with van der Waals surface area (Å²) in [5.74, 6) is -0.270. The lowest BCUT2D eigenvalue weighted by Crippen LogP contribution is -2.58. The summed E-state index contributed by atoms with van der Waals surface area (Å²) in [4.78, 5) is 28.4. The summed E-state index contributed by atoms with van der Waals surface area (Å²) in [5, 5.41) is 3.02. The van der Waals surface area contributed by atoms with Crippen molar-refractivity contribution in [1.29, 1.82) is 0 Å². The van der Waals surface area contributed by atoms with Crippen LogP contribution in [0.4, 0.5) is 11.4 Å². The van der Waals surface area contributed by atoms with Gasteiger partial charge in [0.05, 0.1) is 5.69 Å². The van der Waals surface area contributed by atoms with Crippen LogP contribution in [0.2, 0.25) is 0 Å². The van der Waals surface area contributed by atoms with Crippen LogP contribution in [-0.4, -0.2) is 57.4 Å². The number of nitrogens with zero attached hydrogens (tertiary/aromatic N) is 2. The zero-order chi connectivity index (χ0) is 21.5. The van der Waals surface area contributed by atoms with Crippen LogP contribution >= 0.6 is 0 Å². The third-order valence-corrected chi connectivity index (χ3v) is 6.96. The molecule has 8 nitrogen and oxygen atoms in total. The van der Waals surface area contributed by atoms with Crippen LogP contribution in [-0.2, 0) is 14.8 Å². The quantitative estimate of drug-likeness (QED) is 0.721. The average Bonchev–Trinajstić information content (AvgIpc) is 2.72. The maximum Gasteiger partial charge on any atom is 0.261 e. The van der Waals surface area contributed by atoms with Gasteiger partial charge in [0.25, 0.3) is 5.91 Å². The highest BCUT2D eigenvalue weighted by Gasteiger charge is 2.36. The molecule has 1 saturated heterocycles. The Morgan fingerprint density at radius 3 is 2.30 bits per heavy atom. The van der Waals surface area contributed by atoms with Gasteiger partial charge in [0.15, 0.2) is 11.9 Å². The van der Waals surface area contributed by atoms with Crippen molar-refractivity contribution >= 4 is 33.1 Å². The molecule has 2 N–H and O–H groups in total. The first kappa shape index (κ1) is 20.4. The molecular formula is C21H24N4O4S. The standard InChI is InChI=1S/C21H24N4O4S/c1-14-3-8-19-18(13-14)22-20(23-30(19,28)29)21(27)25-11-9-24(10-12-25)17-6-4-16(5-7-17)15(2)26/h3-8,13,20,22-23H,9-12H2,1-2H3. The number of carbonyl (C=O) groups is 2. The molecule has 1 amide bonds. The summed E-state index contributed by atoms with van der Waals surface area (Å²) in [5.41, 5.74) is 3.01. The van der Waals surface area contributed by atoms with E-state index in [9.17, 15) is 18.0 Å². The lowest BCUT2D eigenvalue weighted by atomic mass is 10.1. The van der Waals surface area contributed by atoms with Crippen LogP contribution in [0.1, 0.15) is 22.8 Å². The van der Waals surface area contributed by atoms with Gasteiger partial charge in [0, 0.05) is 37.4 Å². The zero-order valence-corrected chi connectivity index (χ0v) is 17.7. The van der Waals surface area contributed by atoms with Gasteiger partial charge in [-0.3, -0.25) is 9.59 Å². The van der Waals surface area contributed by atoms with Crippen LogP contribution < -0.4 is 14.9 Å². The lowest BCUT2D eigenvalue weighted by molar-refractivity contribution is -0.132. The van der Waals surface area contributed by atoms with Crippen LogP contribution in [0, 0.1) is 6.92 Å². The predicted molar refractivity (Wildman–Crippen MR) is 114 cm³/mol. The molecule has 0 spiro atoms. The number of fused-ring (bicyclic) bond motifs is 1. The highest BCUT2D eigenvalue weighted by molar-refractivity contribution is 7.89. The zero-order valence-electron chi connectivity index (χ0n) is 16.9. The molecule has 0 aliphatic carbocycles. The molecule has 9 heteroatoms. The van der Waals surface area contributed by atoms with Crippen molar-refractivity contribution < 1.29 is 18.0 Å². The van der Waals surface area contributed by atoms with Gasteiger partial charge in [0.1, 0.15) is 4.90 Å². The van der Waals surface area contributed by atoms with E-state index in [2.05, 4.69) is 14.9 Å². The van der Waals surface area contributed by atoms with Crippen molar-refractivity contribution in [2.45, 2.75) is 24.9 Å². The van der Waals surface area contributed by atoms with Gasteiger partial charge >= 0.3 is 0 Å². The summed E-state index contributed by atoms with van der Waals surface area (Å²) < 4.78 is 27.5. The largest absolute Gasteiger partial charge is 0.368 e. The second-order valence-corrected chi connectivity index (χ2v) is 9.30. The van der Waals surface area contributed by atoms with Gasteiger partial charge in [-0.25, -0.2) is 8.42 Å². The van der Waals surface area contributed by atoms with E-state index in [0.717, 1.165) is 11.3 Å². The Balaban J connectivity index is 1.43. The molecular weight excluding hydrogens is 404 g/mol. The summed E-state index contributed by atoms with van der Waals surface area (Å²) in [6, 6.07) is 12.4. The Morgan fingerprint density at radius 1 is 1.00 bits per heavy atom. The number of piperazine rings is 1. The molecule has 0 saturated carbocycles. The summed E-state index contributed by atoms with van der Waals surface area (Å²) in [7, 11) is -3.75. The molecule has 158 valence electrons. The van der Waals surface area contributed by atoms with Crippen molar-refractivity contribution in [2.75, 3.05) is 36.4 Å². The fourth-order valence-electron chi connectivity index (χ4n) is 3.78. The first-order valence-electron chi connectivity index (χ1n) is 9.79. The number of Topliss-reactive ketones (excluding diaryl/α,β-unsaturated/α-hetero) is 1. The van der Waals surface area contributed by atoms with Crippen LogP contribution in [0.5, 0.6) is 0 Å². The minimum atomic E-state index is -3.75. The molecule has 0 aromatic heterocycles. The summed E-state index contributed by atoms with van der Waals surface area (Å²) >= 11 is 0. The number of carbonyl (C=O) groups excluding carboxylic acids is 2. The van der Waals surface area contributed by atoms with E-state index in [4.69, 9.17) is 0 Å². The van der Waals surface area contributed by atoms with E-state index in [1.165, 1.54) is 13.0 Å². The molecule has 2 aromatic carbocycles. The highest BCUT2D eigenvalue weighted by Crippen LogP contribution is 2.27. The number of hydrogen-bond donors (Lipinski definition) is 2. The fourth-order valence-corrected chi connectivity index (χ4v) is 5.03. The Bertz CT molecular complexity index is 1090. The molecule has 1 fully saturated rings. The van der Waals surface area contributed by atoms with Crippen molar-refractivity contribution in [3.05, 3.63) is 53.6 Å². The molecule has 2 aliphatic heterocycles. The van der Waals surface area contributed by atoms with Crippen molar-refractivity contribution in [3.63, 3.8) is 0 Å². The highest BCUT2D eigenvalue weighted by atomic mass is 32.2. The first-order valence-corrected chi connectivity index (χ1v) is 11.3. The number of nitrogens with one attached hydrogen (secondary N) is 2. The Labute approximate surface area is 175 Å². The van der Waals surface area contributed by atoms with E-state index < -0.39 is 16.2 Å². The second kappa shape index (κ2) is 7.73. The number of amides is 1. The molecule has 0 radical (unpaired) electrons. The molecule has 2 heterocycles. The maximum absolute atomic E-state index is 13.0. The molecule has 1 unspecified atom stereocenters. The van der Waals surface area contributed by atoms with Gasteiger partial charge < -0.3 is 15.1 Å². The predicted octanol–water partition coefficient (Wildman–Crippen LogP) is 1.58. The van der Waals surface area contributed by atoms with Crippen LogP contribution in [0.3, 0.4) is 0 Å². The molecule has 2 aromatic rings. The van der Waals surface area contributed by atoms with Gasteiger partial charge in [-0.15, -0.1) is 0 Å². The minimum absolute atomic E-state index is 0.0242. The number of sulfonamides is 1. The van der Waals surface area contributed by atoms with Gasteiger partial charge in [-0.2, -0.15) is 4.72 Å². The molecule has 30 heavy (non-hydrogen) atoms. The number of ketones is 1. The van der Waals surface area contributed by atoms with E-state index in [1.807, 2.05) is 19.1 Å². The Kier molecular flexibility index (Phi) is 5.25. The normalized spacial score (nSPS) is 20.3. The Morgan fingerprint density at radius 2 is 1.67 bits per heavy atom. The Hall–Kier alpha value is -2.91. The monoisotopic (exact) mass is 428 g/mol. The molecule has 1 atom stereocenters. The number of hydrogen-bond acceptors (Lipinski definition) is 6. The summed E-state index contributed by atoms with van der Waals surface area (Å²) in [6.45, 7) is 5.62. The number of benzene rings is 2. The number of rotatable bonds is 3. The maximum atomic E-state index is 13.0. The topological polar surface area (TPSA) is 98.8 Å². The van der Waals surface area contributed by atoms with Crippen LogP contribution in [0.15, 0.2) is 47.4 Å². The van der Waals surface area contributed by atoms with Crippen molar-refractivity contribution in [3.8, 4) is 0 Å². The van der Waals surface area contributed by atoms with Crippen molar-refractivity contribution in [2.24, 2.45) is 0 Å². The van der Waals surface area contributed by atoms with E-state index in [-0.39, 0.29) is 16.6 Å². The number of aryl methyl sites for hydroxylation is 1. The van der Waals surface area contributed by atoms with Gasteiger partial charge in [-0.1, -0.05) is 6.07 Å². The third-order valence-electron chi connectivity index (χ3n) is 5.47. The van der Waals surface area contributed by atoms with Crippen molar-refractivity contribution in [1.82, 2.24) is 9.62 Å². The smallest absolute Gasteiger partial charge is 0.261 e. The first-order chi connectivity index (χ1) is 14.2. The molecule has 0 bridgehead atoms. The fraction of sp³-hybridized carbons (Fsp3) is 0.333. The van der Waals surface area contributed by atoms with Crippen LogP contribution in [0.25, 0.3) is 0 Å². The SMILES string of the molecule is CC(=O)c1ccc(N2CCN(C(=O)C3Nc4cc(C)ccc4S(=O)(=O)N3)CC2)cc1. The average molecular weight is 429 g/mol. The number of anilines is 2. The second-order valence-electron chi connectivity index (χ2n) is 7.61. The van der Waals surface area contributed by atoms with E-state index >= 15 is 0 Å². The van der Waals surface area contributed by atoms with Gasteiger partial charge in [0.2, 0.25) is 10.0 Å². The lowest BCUT2D eigenvalue weighted by Gasteiger charge is -2.38. The van der Waals surface area contributed by atoms with Gasteiger partial charge in [-0.05, 0) is 55.8 Å². The third kappa shape index (κ3) is 3.90. The van der Waals surface area contributed by atoms with E-state index in [1.54, 1.807) is 29.2 Å². The molecule has 4 rings (SSSR count).